The molecule has 0 atom stereocenters. The van der Waals surface area contributed by atoms with E-state index < -0.39 is 5.91 Å². The molecule has 4 heteroatoms. The minimum absolute atomic E-state index is 0.539. The van der Waals surface area contributed by atoms with Crippen molar-refractivity contribution in [1.29, 1.82) is 0 Å². The van der Waals surface area contributed by atoms with Gasteiger partial charge in [-0.1, -0.05) is 28.1 Å². The van der Waals surface area contributed by atoms with E-state index in [4.69, 9.17) is 5.21 Å². The van der Waals surface area contributed by atoms with Crippen LogP contribution in [0.25, 0.3) is 6.08 Å². The van der Waals surface area contributed by atoms with Crippen molar-refractivity contribution >= 4 is 27.9 Å². The van der Waals surface area contributed by atoms with Crippen LogP contribution >= 0.6 is 15.9 Å². The van der Waals surface area contributed by atoms with Gasteiger partial charge in [0.2, 0.25) is 0 Å². The quantitative estimate of drug-likeness (QED) is 0.473. The Kier molecular flexibility index (Phi) is 3.67. The highest BCUT2D eigenvalue weighted by atomic mass is 79.9. The van der Waals surface area contributed by atoms with Crippen LogP contribution < -0.4 is 5.48 Å². The van der Waals surface area contributed by atoms with Crippen LogP contribution in [0, 0.1) is 0 Å². The van der Waals surface area contributed by atoms with Crippen LogP contribution in [0.15, 0.2) is 34.8 Å². The third kappa shape index (κ3) is 3.40. The Morgan fingerprint density at radius 1 is 1.38 bits per heavy atom. The summed E-state index contributed by atoms with van der Waals surface area (Å²) in [6.45, 7) is 0. The van der Waals surface area contributed by atoms with Gasteiger partial charge in [-0.2, -0.15) is 0 Å². The molecule has 1 aromatic carbocycles. The molecule has 0 heterocycles. The largest absolute Gasteiger partial charge is 0.288 e. The number of carbonyl (C=O) groups is 1. The van der Waals surface area contributed by atoms with Crippen LogP contribution in [-0.2, 0) is 4.79 Å². The molecule has 0 aliphatic carbocycles. The van der Waals surface area contributed by atoms with E-state index in [0.29, 0.717) is 0 Å². The first-order valence-electron chi connectivity index (χ1n) is 3.60. The SMILES string of the molecule is O=C(C=Cc1ccc(Br)cc1)NO. The zero-order valence-corrected chi connectivity index (χ0v) is 8.28. The second-order valence-corrected chi connectivity index (χ2v) is 3.28. The average molecular weight is 242 g/mol. The molecule has 1 amide bonds. The van der Waals surface area contributed by atoms with Gasteiger partial charge in [0.15, 0.2) is 0 Å². The van der Waals surface area contributed by atoms with Gasteiger partial charge in [-0.15, -0.1) is 0 Å². The molecule has 1 rings (SSSR count). The number of hydrogen-bond donors (Lipinski definition) is 2. The lowest BCUT2D eigenvalue weighted by Crippen LogP contribution is -2.14. The molecule has 0 aromatic heterocycles. The van der Waals surface area contributed by atoms with Crippen molar-refractivity contribution in [3.05, 3.63) is 40.4 Å². The molecule has 3 nitrogen and oxygen atoms in total. The Morgan fingerprint density at radius 3 is 2.54 bits per heavy atom. The van der Waals surface area contributed by atoms with Crippen molar-refractivity contribution in [2.24, 2.45) is 0 Å². The predicted octanol–water partition coefficient (Wildman–Crippen LogP) is 1.97. The maximum absolute atomic E-state index is 10.6. The molecule has 68 valence electrons. The fourth-order valence-corrected chi connectivity index (χ4v) is 1.05. The second-order valence-electron chi connectivity index (χ2n) is 2.36. The number of hydroxylamine groups is 1. The molecule has 1 aromatic rings. The average Bonchev–Trinajstić information content (AvgIpc) is 2.16. The van der Waals surface area contributed by atoms with Crippen LogP contribution in [0.2, 0.25) is 0 Å². The first kappa shape index (κ1) is 9.95. The van der Waals surface area contributed by atoms with Gasteiger partial charge in [-0.3, -0.25) is 10.0 Å². The van der Waals surface area contributed by atoms with Crippen molar-refractivity contribution in [3.8, 4) is 0 Å². The number of halogens is 1. The van der Waals surface area contributed by atoms with E-state index in [2.05, 4.69) is 15.9 Å². The minimum Gasteiger partial charge on any atom is -0.288 e. The molecular weight excluding hydrogens is 234 g/mol. The number of benzene rings is 1. The number of nitrogens with one attached hydrogen (secondary N) is 1. The maximum Gasteiger partial charge on any atom is 0.267 e. The Bertz CT molecular complexity index is 319. The second kappa shape index (κ2) is 4.79. The number of carbonyl (C=O) groups excluding carboxylic acids is 1. The van der Waals surface area contributed by atoms with Crippen LogP contribution in [0.5, 0.6) is 0 Å². The highest BCUT2D eigenvalue weighted by Gasteiger charge is 1.90. The minimum atomic E-state index is -0.539. The molecule has 0 aliphatic rings. The van der Waals surface area contributed by atoms with Crippen LogP contribution in [0.1, 0.15) is 5.56 Å². The van der Waals surface area contributed by atoms with Crippen molar-refractivity contribution < 1.29 is 10.0 Å². The summed E-state index contributed by atoms with van der Waals surface area (Å²) < 4.78 is 0.983. The van der Waals surface area contributed by atoms with Crippen LogP contribution in [0.3, 0.4) is 0 Å². The van der Waals surface area contributed by atoms with Gasteiger partial charge in [-0.05, 0) is 23.8 Å². The maximum atomic E-state index is 10.6. The van der Waals surface area contributed by atoms with Crippen molar-refractivity contribution in [3.63, 3.8) is 0 Å². The molecule has 2 N–H and O–H groups in total. The lowest BCUT2D eigenvalue weighted by atomic mass is 10.2. The zero-order valence-electron chi connectivity index (χ0n) is 6.70. The molecular formula is C9H8BrNO2. The summed E-state index contributed by atoms with van der Waals surface area (Å²) in [5.74, 6) is -0.539. The van der Waals surface area contributed by atoms with Gasteiger partial charge in [-0.25, -0.2) is 5.48 Å². The van der Waals surface area contributed by atoms with Crippen molar-refractivity contribution in [2.45, 2.75) is 0 Å². The lowest BCUT2D eigenvalue weighted by Gasteiger charge is -1.93. The van der Waals surface area contributed by atoms with E-state index in [-0.39, 0.29) is 0 Å². The molecule has 0 fully saturated rings. The van der Waals surface area contributed by atoms with Gasteiger partial charge in [0.1, 0.15) is 0 Å². The van der Waals surface area contributed by atoms with Gasteiger partial charge >= 0.3 is 0 Å². The Morgan fingerprint density at radius 2 is 2.00 bits per heavy atom. The van der Waals surface area contributed by atoms with Gasteiger partial charge in [0.05, 0.1) is 0 Å². The smallest absolute Gasteiger partial charge is 0.267 e. The topological polar surface area (TPSA) is 49.3 Å². The fraction of sp³-hybridized carbons (Fsp3) is 0. The molecule has 0 saturated carbocycles. The molecule has 0 unspecified atom stereocenters. The zero-order chi connectivity index (χ0) is 9.68. The molecule has 0 spiro atoms. The highest BCUT2D eigenvalue weighted by molar-refractivity contribution is 9.10. The molecule has 13 heavy (non-hydrogen) atoms. The summed E-state index contributed by atoms with van der Waals surface area (Å²) in [4.78, 5) is 10.6. The van der Waals surface area contributed by atoms with E-state index in [1.54, 1.807) is 6.08 Å². The summed E-state index contributed by atoms with van der Waals surface area (Å²) in [6, 6.07) is 7.45. The third-order valence-electron chi connectivity index (χ3n) is 1.41. The Hall–Kier alpha value is -1.13. The van der Waals surface area contributed by atoms with Crippen molar-refractivity contribution in [1.82, 2.24) is 5.48 Å². The van der Waals surface area contributed by atoms with E-state index in [1.807, 2.05) is 24.3 Å². The summed E-state index contributed by atoms with van der Waals surface area (Å²) in [5, 5.41) is 8.20. The lowest BCUT2D eigenvalue weighted by molar-refractivity contribution is -0.124. The molecule has 0 bridgehead atoms. The monoisotopic (exact) mass is 241 g/mol. The van der Waals surface area contributed by atoms with E-state index in [0.717, 1.165) is 10.0 Å². The highest BCUT2D eigenvalue weighted by Crippen LogP contribution is 2.11. The first-order valence-corrected chi connectivity index (χ1v) is 4.39. The molecule has 0 radical (unpaired) electrons. The van der Waals surface area contributed by atoms with E-state index >= 15 is 0 Å². The van der Waals surface area contributed by atoms with Gasteiger partial charge < -0.3 is 0 Å². The van der Waals surface area contributed by atoms with Crippen molar-refractivity contribution in [2.75, 3.05) is 0 Å². The van der Waals surface area contributed by atoms with Crippen LogP contribution in [-0.4, -0.2) is 11.1 Å². The number of hydrogen-bond acceptors (Lipinski definition) is 2. The Labute approximate surface area is 84.2 Å². The molecule has 0 aliphatic heterocycles. The van der Waals surface area contributed by atoms with E-state index in [1.165, 1.54) is 11.6 Å². The van der Waals surface area contributed by atoms with Gasteiger partial charge in [0.25, 0.3) is 5.91 Å². The summed E-state index contributed by atoms with van der Waals surface area (Å²) in [6.07, 6.45) is 2.86. The Balaban J connectivity index is 2.69. The molecule has 0 saturated heterocycles. The van der Waals surface area contributed by atoms with E-state index in [9.17, 15) is 4.79 Å². The van der Waals surface area contributed by atoms with Gasteiger partial charge in [0, 0.05) is 10.5 Å². The predicted molar refractivity (Wildman–Crippen MR) is 53.1 cm³/mol. The fourth-order valence-electron chi connectivity index (χ4n) is 0.783. The number of amides is 1. The normalized spacial score (nSPS) is 10.3. The van der Waals surface area contributed by atoms with Crippen LogP contribution in [0.4, 0.5) is 0 Å². The summed E-state index contributed by atoms with van der Waals surface area (Å²) in [7, 11) is 0. The summed E-state index contributed by atoms with van der Waals surface area (Å²) in [5.41, 5.74) is 2.41. The first-order chi connectivity index (χ1) is 6.22. The third-order valence-corrected chi connectivity index (χ3v) is 1.94. The standard InChI is InChI=1S/C9H8BrNO2/c10-8-4-1-7(2-5-8)3-6-9(12)11-13/h1-6,13H,(H,11,12). The number of rotatable bonds is 2. The summed E-state index contributed by atoms with van der Waals surface area (Å²) >= 11 is 3.30.